The Morgan fingerprint density at radius 2 is 2.06 bits per heavy atom. The quantitative estimate of drug-likeness (QED) is 0.838. The smallest absolute Gasteiger partial charge is 0.144 e. The third-order valence-electron chi connectivity index (χ3n) is 3.25. The Balaban J connectivity index is 2.09. The molecule has 1 heterocycles. The summed E-state index contributed by atoms with van der Waals surface area (Å²) in [6.07, 6.45) is 3.42. The molecule has 1 saturated heterocycles. The second kappa shape index (κ2) is 5.15. The van der Waals surface area contributed by atoms with Crippen LogP contribution in [-0.4, -0.2) is 13.1 Å². The highest BCUT2D eigenvalue weighted by molar-refractivity contribution is 6.30. The van der Waals surface area contributed by atoms with Crippen molar-refractivity contribution in [3.05, 3.63) is 34.1 Å². The van der Waals surface area contributed by atoms with Crippen molar-refractivity contribution in [2.24, 2.45) is 5.92 Å². The molecular weight excluding hydrogens is 225 g/mol. The number of hydrogen-bond acceptors (Lipinski definition) is 1. The molecule has 1 fully saturated rings. The monoisotopic (exact) mass is 241 g/mol. The first-order valence-electron chi connectivity index (χ1n) is 5.82. The zero-order valence-electron chi connectivity index (χ0n) is 9.52. The summed E-state index contributed by atoms with van der Waals surface area (Å²) in [5.74, 6) is 0.429. The first kappa shape index (κ1) is 11.9. The van der Waals surface area contributed by atoms with Gasteiger partial charge in [-0.3, -0.25) is 0 Å². The van der Waals surface area contributed by atoms with Crippen LogP contribution in [0, 0.1) is 18.7 Å². The minimum absolute atomic E-state index is 0.254. The maximum absolute atomic E-state index is 13.3. The van der Waals surface area contributed by atoms with E-state index in [1.807, 2.05) is 6.07 Å². The second-order valence-corrected chi connectivity index (χ2v) is 5.01. The second-order valence-electron chi connectivity index (χ2n) is 4.61. The van der Waals surface area contributed by atoms with Gasteiger partial charge >= 0.3 is 0 Å². The number of benzene rings is 1. The molecule has 1 aromatic rings. The lowest BCUT2D eigenvalue weighted by Crippen LogP contribution is -2.28. The van der Waals surface area contributed by atoms with E-state index in [1.165, 1.54) is 12.8 Å². The van der Waals surface area contributed by atoms with Crippen LogP contribution in [0.5, 0.6) is 0 Å². The largest absolute Gasteiger partial charge is 0.317 e. The lowest BCUT2D eigenvalue weighted by Gasteiger charge is -2.22. The predicted molar refractivity (Wildman–Crippen MR) is 65.4 cm³/mol. The Bertz CT molecular complexity index is 349. The fourth-order valence-corrected chi connectivity index (χ4v) is 2.62. The summed E-state index contributed by atoms with van der Waals surface area (Å²) < 4.78 is 13.3. The summed E-state index contributed by atoms with van der Waals surface area (Å²) in [5, 5.41) is 3.60. The molecule has 0 amide bonds. The molecule has 0 saturated carbocycles. The molecule has 0 radical (unpaired) electrons. The van der Waals surface area contributed by atoms with Gasteiger partial charge in [-0.05, 0) is 62.4 Å². The fourth-order valence-electron chi connectivity index (χ4n) is 2.33. The predicted octanol–water partition coefficient (Wildman–Crippen LogP) is 3.33. The minimum atomic E-state index is -0.282. The maximum atomic E-state index is 13.3. The minimum Gasteiger partial charge on any atom is -0.317 e. The molecule has 0 aromatic heterocycles. The van der Waals surface area contributed by atoms with Crippen LogP contribution in [0.25, 0.3) is 0 Å². The average molecular weight is 242 g/mol. The van der Waals surface area contributed by atoms with Gasteiger partial charge in [-0.2, -0.15) is 0 Å². The summed E-state index contributed by atoms with van der Waals surface area (Å²) in [5.41, 5.74) is 1.81. The number of hydrogen-bond donors (Lipinski definition) is 1. The number of nitrogens with one attached hydrogen (secondary N) is 1. The van der Waals surface area contributed by atoms with E-state index in [0.717, 1.165) is 25.1 Å². The van der Waals surface area contributed by atoms with Gasteiger partial charge in [0.15, 0.2) is 0 Å². The van der Waals surface area contributed by atoms with E-state index in [1.54, 1.807) is 13.0 Å². The Morgan fingerprint density at radius 1 is 1.38 bits per heavy atom. The molecule has 0 aliphatic carbocycles. The number of halogens is 2. The van der Waals surface area contributed by atoms with Crippen molar-refractivity contribution in [2.75, 3.05) is 13.1 Å². The number of aryl methyl sites for hydroxylation is 1. The SMILES string of the molecule is Cc1cc(CC2CCNCC2)cc(Cl)c1F. The highest BCUT2D eigenvalue weighted by Crippen LogP contribution is 2.24. The molecule has 0 unspecified atom stereocenters. The highest BCUT2D eigenvalue weighted by atomic mass is 35.5. The Labute approximate surface area is 101 Å². The third kappa shape index (κ3) is 2.74. The standard InChI is InChI=1S/C13H17ClFN/c1-9-6-11(8-12(14)13(9)15)7-10-2-4-16-5-3-10/h6,8,10,16H,2-5,7H2,1H3. The third-order valence-corrected chi connectivity index (χ3v) is 3.53. The molecule has 1 aromatic carbocycles. The zero-order valence-corrected chi connectivity index (χ0v) is 10.3. The van der Waals surface area contributed by atoms with Crippen molar-refractivity contribution in [2.45, 2.75) is 26.2 Å². The first-order valence-corrected chi connectivity index (χ1v) is 6.20. The van der Waals surface area contributed by atoms with E-state index in [-0.39, 0.29) is 10.8 Å². The molecule has 16 heavy (non-hydrogen) atoms. The van der Waals surface area contributed by atoms with Gasteiger partial charge in [-0.1, -0.05) is 17.7 Å². The van der Waals surface area contributed by atoms with Gasteiger partial charge in [0.05, 0.1) is 5.02 Å². The van der Waals surface area contributed by atoms with Crippen molar-refractivity contribution in [1.29, 1.82) is 0 Å². The van der Waals surface area contributed by atoms with Crippen LogP contribution in [0.2, 0.25) is 5.02 Å². The number of piperidine rings is 1. The van der Waals surface area contributed by atoms with Crippen molar-refractivity contribution < 1.29 is 4.39 Å². The van der Waals surface area contributed by atoms with Crippen LogP contribution in [-0.2, 0) is 6.42 Å². The lowest BCUT2D eigenvalue weighted by molar-refractivity contribution is 0.372. The fraction of sp³-hybridized carbons (Fsp3) is 0.538. The molecule has 2 rings (SSSR count). The van der Waals surface area contributed by atoms with Gasteiger partial charge < -0.3 is 5.32 Å². The van der Waals surface area contributed by atoms with Crippen LogP contribution in [0.15, 0.2) is 12.1 Å². The van der Waals surface area contributed by atoms with Crippen molar-refractivity contribution in [3.63, 3.8) is 0 Å². The zero-order chi connectivity index (χ0) is 11.5. The van der Waals surface area contributed by atoms with Gasteiger partial charge in [0.2, 0.25) is 0 Å². The van der Waals surface area contributed by atoms with Crippen molar-refractivity contribution in [3.8, 4) is 0 Å². The molecule has 0 spiro atoms. The Kier molecular flexibility index (Phi) is 3.82. The van der Waals surface area contributed by atoms with Crippen LogP contribution in [0.4, 0.5) is 4.39 Å². The van der Waals surface area contributed by atoms with Gasteiger partial charge in [0.25, 0.3) is 0 Å². The summed E-state index contributed by atoms with van der Waals surface area (Å²) in [6.45, 7) is 3.96. The lowest BCUT2D eigenvalue weighted by atomic mass is 9.90. The molecule has 1 aliphatic rings. The molecule has 0 atom stereocenters. The highest BCUT2D eigenvalue weighted by Gasteiger charge is 2.15. The maximum Gasteiger partial charge on any atom is 0.144 e. The van der Waals surface area contributed by atoms with E-state index in [9.17, 15) is 4.39 Å². The molecule has 1 aliphatic heterocycles. The first-order chi connectivity index (χ1) is 7.66. The molecule has 0 bridgehead atoms. The summed E-state index contributed by atoms with van der Waals surface area (Å²) in [4.78, 5) is 0. The average Bonchev–Trinajstić information content (AvgIpc) is 2.27. The van der Waals surface area contributed by atoms with Crippen LogP contribution < -0.4 is 5.32 Å². The van der Waals surface area contributed by atoms with E-state index in [2.05, 4.69) is 5.32 Å². The molecule has 3 heteroatoms. The Hall–Kier alpha value is -0.600. The summed E-state index contributed by atoms with van der Waals surface area (Å²) in [6, 6.07) is 3.69. The van der Waals surface area contributed by atoms with Gasteiger partial charge in [-0.15, -0.1) is 0 Å². The molecule has 1 nitrogen and oxygen atoms in total. The Morgan fingerprint density at radius 3 is 2.69 bits per heavy atom. The molecular formula is C13H17ClFN. The molecule has 88 valence electrons. The summed E-state index contributed by atoms with van der Waals surface area (Å²) >= 11 is 5.85. The van der Waals surface area contributed by atoms with Crippen molar-refractivity contribution in [1.82, 2.24) is 5.32 Å². The van der Waals surface area contributed by atoms with Crippen molar-refractivity contribution >= 4 is 11.6 Å². The normalized spacial score (nSPS) is 17.7. The van der Waals surface area contributed by atoms with Gasteiger partial charge in [0, 0.05) is 0 Å². The summed E-state index contributed by atoms with van der Waals surface area (Å²) in [7, 11) is 0. The van der Waals surface area contributed by atoms with Gasteiger partial charge in [0.1, 0.15) is 5.82 Å². The van der Waals surface area contributed by atoms with Crippen LogP contribution >= 0.6 is 11.6 Å². The number of rotatable bonds is 2. The van der Waals surface area contributed by atoms with E-state index in [4.69, 9.17) is 11.6 Å². The topological polar surface area (TPSA) is 12.0 Å². The van der Waals surface area contributed by atoms with Crippen LogP contribution in [0.3, 0.4) is 0 Å². The van der Waals surface area contributed by atoms with E-state index in [0.29, 0.717) is 11.5 Å². The van der Waals surface area contributed by atoms with E-state index < -0.39 is 0 Å². The van der Waals surface area contributed by atoms with Gasteiger partial charge in [-0.25, -0.2) is 4.39 Å². The molecule has 1 N–H and O–H groups in total. The van der Waals surface area contributed by atoms with E-state index >= 15 is 0 Å². The van der Waals surface area contributed by atoms with Crippen LogP contribution in [0.1, 0.15) is 24.0 Å².